The lowest BCUT2D eigenvalue weighted by atomic mass is 10.1. The molecule has 4 rings (SSSR count). The van der Waals surface area contributed by atoms with Crippen molar-refractivity contribution >= 4 is 33.9 Å². The van der Waals surface area contributed by atoms with Crippen LogP contribution in [0.4, 0.5) is 17.1 Å². The third-order valence-electron chi connectivity index (χ3n) is 5.24. The number of amides is 1. The minimum Gasteiger partial charge on any atom is -0.366 e. The fraction of sp³-hybridized carbons (Fsp3) is 0.273. The van der Waals surface area contributed by atoms with Crippen molar-refractivity contribution in [3.05, 3.63) is 69.9 Å². The number of para-hydroxylation sites is 1. The largest absolute Gasteiger partial charge is 0.366 e. The summed E-state index contributed by atoms with van der Waals surface area (Å²) in [4.78, 5) is 30.6. The number of hydrogen-bond donors (Lipinski definition) is 1. The molecule has 1 saturated heterocycles. The summed E-state index contributed by atoms with van der Waals surface area (Å²) in [7, 11) is 0. The van der Waals surface area contributed by atoms with E-state index in [1.807, 2.05) is 36.1 Å². The van der Waals surface area contributed by atoms with Crippen molar-refractivity contribution in [1.29, 1.82) is 0 Å². The Morgan fingerprint density at radius 3 is 2.66 bits per heavy atom. The predicted octanol–water partition coefficient (Wildman–Crippen LogP) is 4.69. The molecule has 1 aliphatic heterocycles. The van der Waals surface area contributed by atoms with Gasteiger partial charge in [0.05, 0.1) is 16.1 Å². The Hall–Kier alpha value is -3.48. The average Bonchev–Trinajstić information content (AvgIpc) is 2.74. The predicted molar refractivity (Wildman–Crippen MR) is 114 cm³/mol. The molecule has 7 nitrogen and oxygen atoms in total. The lowest BCUT2D eigenvalue weighted by Crippen LogP contribution is -2.30. The molecular weight excluding hydrogens is 368 g/mol. The number of aryl methyl sites for hydroxylation is 1. The van der Waals surface area contributed by atoms with Gasteiger partial charge in [0.25, 0.3) is 11.6 Å². The molecule has 29 heavy (non-hydrogen) atoms. The summed E-state index contributed by atoms with van der Waals surface area (Å²) in [6.45, 7) is 3.49. The Balaban J connectivity index is 1.65. The van der Waals surface area contributed by atoms with E-state index < -0.39 is 10.8 Å². The fourth-order valence-corrected chi connectivity index (χ4v) is 3.75. The number of anilines is 2. The lowest BCUT2D eigenvalue weighted by Gasteiger charge is -2.28. The Bertz CT molecular complexity index is 1090. The van der Waals surface area contributed by atoms with E-state index in [1.165, 1.54) is 6.07 Å². The SMILES string of the molecule is Cc1ccc2cccc(NC(=O)c3ccc(N4CCCCC4)c([N+](=O)[O-])c3)c2n1. The summed E-state index contributed by atoms with van der Waals surface area (Å²) < 4.78 is 0. The first-order valence-corrected chi connectivity index (χ1v) is 9.74. The molecule has 0 bridgehead atoms. The summed E-state index contributed by atoms with van der Waals surface area (Å²) in [5.41, 5.74) is 2.92. The van der Waals surface area contributed by atoms with E-state index >= 15 is 0 Å². The zero-order valence-corrected chi connectivity index (χ0v) is 16.2. The Labute approximate surface area is 168 Å². The van der Waals surface area contributed by atoms with Crippen molar-refractivity contribution in [1.82, 2.24) is 4.98 Å². The minimum atomic E-state index is -0.413. The van der Waals surface area contributed by atoms with Crippen LogP contribution in [0.25, 0.3) is 10.9 Å². The molecule has 1 fully saturated rings. The molecule has 1 aromatic heterocycles. The van der Waals surface area contributed by atoms with Crippen LogP contribution in [-0.4, -0.2) is 28.9 Å². The Kier molecular flexibility index (Phi) is 5.12. The Morgan fingerprint density at radius 1 is 1.10 bits per heavy atom. The fourth-order valence-electron chi connectivity index (χ4n) is 3.75. The van der Waals surface area contributed by atoms with Crippen molar-refractivity contribution in [3.8, 4) is 0 Å². The standard InChI is InChI=1S/C22H22N4O3/c1-15-8-9-16-6-5-7-18(21(16)23-15)24-22(27)17-10-11-19(20(14-17)26(28)29)25-12-3-2-4-13-25/h5-11,14H,2-4,12-13H2,1H3,(H,24,27). The van der Waals surface area contributed by atoms with Gasteiger partial charge in [-0.05, 0) is 50.5 Å². The average molecular weight is 390 g/mol. The molecule has 1 amide bonds. The van der Waals surface area contributed by atoms with Crippen LogP contribution in [0.1, 0.15) is 35.3 Å². The number of benzene rings is 2. The number of carbonyl (C=O) groups is 1. The van der Waals surface area contributed by atoms with Crippen LogP contribution in [0, 0.1) is 17.0 Å². The second kappa shape index (κ2) is 7.87. The molecule has 3 aromatic rings. The van der Waals surface area contributed by atoms with Crippen molar-refractivity contribution in [2.24, 2.45) is 0 Å². The Morgan fingerprint density at radius 2 is 1.90 bits per heavy atom. The lowest BCUT2D eigenvalue weighted by molar-refractivity contribution is -0.384. The number of nitrogens with one attached hydrogen (secondary N) is 1. The van der Waals surface area contributed by atoms with Crippen LogP contribution < -0.4 is 10.2 Å². The number of carbonyl (C=O) groups excluding carboxylic acids is 1. The highest BCUT2D eigenvalue weighted by atomic mass is 16.6. The maximum atomic E-state index is 12.8. The van der Waals surface area contributed by atoms with E-state index in [4.69, 9.17) is 0 Å². The second-order valence-corrected chi connectivity index (χ2v) is 7.29. The summed E-state index contributed by atoms with van der Waals surface area (Å²) in [5.74, 6) is -0.394. The van der Waals surface area contributed by atoms with Crippen LogP contribution >= 0.6 is 0 Å². The zero-order chi connectivity index (χ0) is 20.4. The molecule has 0 aliphatic carbocycles. The van der Waals surface area contributed by atoms with Crippen molar-refractivity contribution in [2.75, 3.05) is 23.3 Å². The van der Waals surface area contributed by atoms with E-state index in [0.29, 0.717) is 16.9 Å². The minimum absolute atomic E-state index is 0.0357. The third kappa shape index (κ3) is 3.89. The molecule has 2 heterocycles. The maximum absolute atomic E-state index is 12.8. The number of pyridine rings is 1. The number of fused-ring (bicyclic) bond motifs is 1. The van der Waals surface area contributed by atoms with Gasteiger partial charge in [0, 0.05) is 35.8 Å². The summed E-state index contributed by atoms with van der Waals surface area (Å²) in [6.07, 6.45) is 3.18. The van der Waals surface area contributed by atoms with Gasteiger partial charge in [0.1, 0.15) is 5.69 Å². The summed E-state index contributed by atoms with van der Waals surface area (Å²) >= 11 is 0. The number of nitro benzene ring substituents is 1. The highest BCUT2D eigenvalue weighted by molar-refractivity contribution is 6.08. The van der Waals surface area contributed by atoms with Crippen molar-refractivity contribution < 1.29 is 9.72 Å². The summed E-state index contributed by atoms with van der Waals surface area (Å²) in [5, 5.41) is 15.4. The van der Waals surface area contributed by atoms with Gasteiger partial charge in [-0.25, -0.2) is 0 Å². The van der Waals surface area contributed by atoms with Gasteiger partial charge in [0.15, 0.2) is 0 Å². The van der Waals surface area contributed by atoms with Crippen LogP contribution in [-0.2, 0) is 0 Å². The van der Waals surface area contributed by atoms with Crippen molar-refractivity contribution in [2.45, 2.75) is 26.2 Å². The number of nitro groups is 1. The number of nitrogens with zero attached hydrogens (tertiary/aromatic N) is 3. The van der Waals surface area contributed by atoms with Crippen LogP contribution in [0.15, 0.2) is 48.5 Å². The normalized spacial score (nSPS) is 14.0. The monoisotopic (exact) mass is 390 g/mol. The first kappa shape index (κ1) is 18.9. The molecule has 148 valence electrons. The van der Waals surface area contributed by atoms with E-state index in [1.54, 1.807) is 18.2 Å². The quantitative estimate of drug-likeness (QED) is 0.515. The molecule has 0 spiro atoms. The second-order valence-electron chi connectivity index (χ2n) is 7.29. The smallest absolute Gasteiger partial charge is 0.293 e. The maximum Gasteiger partial charge on any atom is 0.293 e. The zero-order valence-electron chi connectivity index (χ0n) is 16.2. The van der Waals surface area contributed by atoms with Gasteiger partial charge >= 0.3 is 0 Å². The summed E-state index contributed by atoms with van der Waals surface area (Å²) in [6, 6.07) is 14.1. The third-order valence-corrected chi connectivity index (χ3v) is 5.24. The first-order valence-electron chi connectivity index (χ1n) is 9.74. The number of rotatable bonds is 4. The van der Waals surface area contributed by atoms with Crippen LogP contribution in [0.2, 0.25) is 0 Å². The highest BCUT2D eigenvalue weighted by Gasteiger charge is 2.23. The van der Waals surface area contributed by atoms with Gasteiger partial charge in [-0.3, -0.25) is 19.9 Å². The molecule has 0 unspecified atom stereocenters. The van der Waals surface area contributed by atoms with Crippen LogP contribution in [0.3, 0.4) is 0 Å². The van der Waals surface area contributed by atoms with Gasteiger partial charge in [-0.2, -0.15) is 0 Å². The van der Waals surface area contributed by atoms with E-state index in [2.05, 4.69) is 10.3 Å². The van der Waals surface area contributed by atoms with Gasteiger partial charge in [0.2, 0.25) is 0 Å². The number of piperidine rings is 1. The first-order chi connectivity index (χ1) is 14.0. The molecule has 0 saturated carbocycles. The molecule has 7 heteroatoms. The number of aromatic nitrogens is 1. The molecule has 0 radical (unpaired) electrons. The van der Waals surface area contributed by atoms with Gasteiger partial charge < -0.3 is 10.2 Å². The van der Waals surface area contributed by atoms with Gasteiger partial charge in [-0.1, -0.05) is 18.2 Å². The van der Waals surface area contributed by atoms with E-state index in [0.717, 1.165) is 43.4 Å². The molecular formula is C22H22N4O3. The van der Waals surface area contributed by atoms with Gasteiger partial charge in [-0.15, -0.1) is 0 Å². The van der Waals surface area contributed by atoms with Crippen LogP contribution in [0.5, 0.6) is 0 Å². The van der Waals surface area contributed by atoms with Crippen molar-refractivity contribution in [3.63, 3.8) is 0 Å². The topological polar surface area (TPSA) is 88.4 Å². The molecule has 2 aromatic carbocycles. The highest BCUT2D eigenvalue weighted by Crippen LogP contribution is 2.32. The number of hydrogen-bond acceptors (Lipinski definition) is 5. The molecule has 1 N–H and O–H groups in total. The molecule has 0 atom stereocenters. The van der Waals surface area contributed by atoms with E-state index in [9.17, 15) is 14.9 Å². The molecule has 1 aliphatic rings. The van der Waals surface area contributed by atoms with E-state index in [-0.39, 0.29) is 11.3 Å².